The summed E-state index contributed by atoms with van der Waals surface area (Å²) in [5.74, 6) is -12.5. The fourth-order valence-electron chi connectivity index (χ4n) is 6.13. The van der Waals surface area contributed by atoms with Crippen LogP contribution in [0.3, 0.4) is 0 Å². The first-order valence-electron chi connectivity index (χ1n) is 15.9. The normalized spacial score (nSPS) is 21.4. The zero-order valence-electron chi connectivity index (χ0n) is 26.6. The van der Waals surface area contributed by atoms with Gasteiger partial charge in [0.2, 0.25) is 5.82 Å². The number of aliphatic hydroxyl groups is 1. The second-order valence-electron chi connectivity index (χ2n) is 12.2. The predicted octanol–water partition coefficient (Wildman–Crippen LogP) is 6.60. The van der Waals surface area contributed by atoms with Crippen molar-refractivity contribution in [1.29, 1.82) is 0 Å². The molecule has 2 N–H and O–H groups in total. The van der Waals surface area contributed by atoms with Crippen LogP contribution in [0.15, 0.2) is 72.8 Å². The highest BCUT2D eigenvalue weighted by atomic mass is 19.2. The molecule has 12 heteroatoms. The van der Waals surface area contributed by atoms with Crippen LogP contribution in [-0.2, 0) is 27.4 Å². The van der Waals surface area contributed by atoms with Crippen molar-refractivity contribution in [3.63, 3.8) is 0 Å². The van der Waals surface area contributed by atoms with Crippen LogP contribution in [0, 0.1) is 35.0 Å². The summed E-state index contributed by atoms with van der Waals surface area (Å²) in [6, 6.07) is 22.3. The van der Waals surface area contributed by atoms with E-state index in [9.17, 15) is 31.9 Å². The summed E-state index contributed by atoms with van der Waals surface area (Å²) in [5, 5.41) is 11.7. The van der Waals surface area contributed by atoms with Crippen molar-refractivity contribution in [1.82, 2.24) is 10.2 Å². The number of rotatable bonds is 9. The van der Waals surface area contributed by atoms with E-state index in [1.807, 2.05) is 54.6 Å². The molecule has 7 nitrogen and oxygen atoms in total. The van der Waals surface area contributed by atoms with E-state index < -0.39 is 46.8 Å². The summed E-state index contributed by atoms with van der Waals surface area (Å²) >= 11 is 0. The fourth-order valence-corrected chi connectivity index (χ4v) is 6.13. The van der Waals surface area contributed by atoms with Crippen molar-refractivity contribution in [3.05, 3.63) is 130 Å². The van der Waals surface area contributed by atoms with E-state index in [0.717, 1.165) is 47.5 Å². The summed E-state index contributed by atoms with van der Waals surface area (Å²) in [6.45, 7) is 5.56. The van der Waals surface area contributed by atoms with Gasteiger partial charge in [-0.05, 0) is 33.9 Å². The summed E-state index contributed by atoms with van der Waals surface area (Å²) in [4.78, 5) is 14.8. The highest BCUT2D eigenvalue weighted by Gasteiger charge is 2.39. The predicted molar refractivity (Wildman–Crippen MR) is 170 cm³/mol. The van der Waals surface area contributed by atoms with Gasteiger partial charge in [0.15, 0.2) is 29.6 Å². The van der Waals surface area contributed by atoms with Gasteiger partial charge in [0, 0.05) is 37.7 Å². The number of carbonyl (C=O) groups is 1. The van der Waals surface area contributed by atoms with Crippen LogP contribution in [0.1, 0.15) is 51.9 Å². The van der Waals surface area contributed by atoms with Crippen molar-refractivity contribution in [2.75, 3.05) is 32.8 Å². The van der Waals surface area contributed by atoms with Crippen molar-refractivity contribution < 1.29 is 46.1 Å². The molecule has 2 aliphatic rings. The van der Waals surface area contributed by atoms with Crippen molar-refractivity contribution in [2.45, 2.75) is 38.6 Å². The zero-order chi connectivity index (χ0) is 34.7. The number of benzene rings is 4. The number of carbonyl (C=O) groups excluding carboxylic acids is 1. The van der Waals surface area contributed by atoms with Gasteiger partial charge in [-0.2, -0.15) is 0 Å². The lowest BCUT2D eigenvalue weighted by atomic mass is 9.90. The lowest BCUT2D eigenvalue weighted by Crippen LogP contribution is -2.47. The highest BCUT2D eigenvalue weighted by molar-refractivity contribution is 5.94. The molecule has 0 bridgehead atoms. The average Bonchev–Trinajstić information content (AvgIpc) is 3.14. The zero-order valence-corrected chi connectivity index (χ0v) is 26.6. The minimum atomic E-state index is -2.33. The molecule has 2 aliphatic heterocycles. The maximum Gasteiger partial charge on any atom is 0.257 e. The molecule has 4 aromatic rings. The Kier molecular flexibility index (Phi) is 10.7. The first-order chi connectivity index (χ1) is 23.6. The maximum absolute atomic E-state index is 14.1. The van der Waals surface area contributed by atoms with Crippen molar-refractivity contribution in [2.24, 2.45) is 5.92 Å². The van der Waals surface area contributed by atoms with Crippen molar-refractivity contribution >= 4 is 5.91 Å². The molecule has 0 aliphatic carbocycles. The topological polar surface area (TPSA) is 80.3 Å². The molecular weight excluding hydrogens is 647 g/mol. The SMILES string of the molecule is C[C@@H]1[C@H](CN2CCOCC2)O[C@H](c2ccc(-c3cccc(CNC(=O)c4c(F)c(F)c(F)c(F)c4F)c3)cc2)O[C@@H]1c1ccc(CO)cc1. The van der Waals surface area contributed by atoms with Gasteiger partial charge in [0.1, 0.15) is 5.56 Å². The van der Waals surface area contributed by atoms with Crippen LogP contribution < -0.4 is 5.32 Å². The van der Waals surface area contributed by atoms with Gasteiger partial charge in [0.05, 0.1) is 32.0 Å². The third kappa shape index (κ3) is 7.53. The summed E-state index contributed by atoms with van der Waals surface area (Å²) in [5.41, 5.74) is 3.20. The molecule has 49 heavy (non-hydrogen) atoms. The Morgan fingerprint density at radius 2 is 1.43 bits per heavy atom. The molecule has 2 heterocycles. The number of aliphatic hydroxyl groups excluding tert-OH is 1. The minimum absolute atomic E-state index is 0.0377. The van der Waals surface area contributed by atoms with Gasteiger partial charge in [-0.3, -0.25) is 9.69 Å². The first-order valence-corrected chi connectivity index (χ1v) is 15.9. The molecule has 0 saturated carbocycles. The van der Waals surface area contributed by atoms with Gasteiger partial charge < -0.3 is 24.6 Å². The van der Waals surface area contributed by atoms with E-state index in [-0.39, 0.29) is 31.3 Å². The van der Waals surface area contributed by atoms with Gasteiger partial charge in [-0.25, -0.2) is 22.0 Å². The molecule has 0 spiro atoms. The number of amides is 1. The Labute approximate surface area is 280 Å². The second kappa shape index (κ2) is 15.1. The van der Waals surface area contributed by atoms with Crippen LogP contribution in [0.2, 0.25) is 0 Å². The summed E-state index contributed by atoms with van der Waals surface area (Å²) in [6.07, 6.45) is -1.04. The van der Waals surface area contributed by atoms with Crippen LogP contribution >= 0.6 is 0 Å². The molecule has 2 fully saturated rings. The first kappa shape index (κ1) is 34.7. The average molecular weight is 683 g/mol. The lowest BCUT2D eigenvalue weighted by Gasteiger charge is -2.43. The number of halogens is 5. The summed E-state index contributed by atoms with van der Waals surface area (Å²) in [7, 11) is 0. The van der Waals surface area contributed by atoms with E-state index in [1.165, 1.54) is 0 Å². The third-order valence-corrected chi connectivity index (χ3v) is 9.00. The molecule has 0 radical (unpaired) electrons. The van der Waals surface area contributed by atoms with E-state index >= 15 is 0 Å². The smallest absolute Gasteiger partial charge is 0.257 e. The van der Waals surface area contributed by atoms with Crippen molar-refractivity contribution in [3.8, 4) is 11.1 Å². The molecule has 0 unspecified atom stereocenters. The van der Waals surface area contributed by atoms with Crippen LogP contribution in [0.5, 0.6) is 0 Å². The number of nitrogens with one attached hydrogen (secondary N) is 1. The maximum atomic E-state index is 14.1. The molecule has 6 rings (SSSR count). The molecule has 4 atom stereocenters. The number of ether oxygens (including phenoxy) is 3. The van der Waals surface area contributed by atoms with Crippen LogP contribution in [0.4, 0.5) is 22.0 Å². The third-order valence-electron chi connectivity index (χ3n) is 9.00. The van der Waals surface area contributed by atoms with Gasteiger partial charge in [-0.1, -0.05) is 73.7 Å². The number of morpholine rings is 1. The second-order valence-corrected chi connectivity index (χ2v) is 12.2. The molecular formula is C37H35F5N2O5. The van der Waals surface area contributed by atoms with E-state index in [1.54, 1.807) is 18.2 Å². The molecule has 2 saturated heterocycles. The molecule has 4 aromatic carbocycles. The Balaban J connectivity index is 1.18. The Morgan fingerprint density at radius 3 is 2.08 bits per heavy atom. The highest BCUT2D eigenvalue weighted by Crippen LogP contribution is 2.42. The van der Waals surface area contributed by atoms with E-state index in [4.69, 9.17) is 14.2 Å². The summed E-state index contributed by atoms with van der Waals surface area (Å²) < 4.78 is 87.5. The van der Waals surface area contributed by atoms with E-state index in [0.29, 0.717) is 18.8 Å². The van der Waals surface area contributed by atoms with Gasteiger partial charge in [0.25, 0.3) is 5.91 Å². The number of hydrogen-bond acceptors (Lipinski definition) is 6. The lowest BCUT2D eigenvalue weighted by molar-refractivity contribution is -0.277. The van der Waals surface area contributed by atoms with Crippen LogP contribution in [-0.4, -0.2) is 54.9 Å². The number of nitrogens with zero attached hydrogens (tertiary/aromatic N) is 1. The fraction of sp³-hybridized carbons (Fsp3) is 0.324. The van der Waals surface area contributed by atoms with Gasteiger partial charge >= 0.3 is 0 Å². The quantitative estimate of drug-likeness (QED) is 0.118. The largest absolute Gasteiger partial charge is 0.392 e. The number of hydrogen-bond donors (Lipinski definition) is 2. The Bertz CT molecular complexity index is 1750. The molecule has 1 amide bonds. The molecule has 258 valence electrons. The Morgan fingerprint density at radius 1 is 0.796 bits per heavy atom. The van der Waals surface area contributed by atoms with E-state index in [2.05, 4.69) is 17.1 Å². The standard InChI is InChI=1S/C37H35F5N2O5/c1-21-28(19-44-13-15-47-16-14-44)48-37(49-35(21)25-7-5-22(20-45)6-8-25)26-11-9-24(10-12-26)27-4-2-3-23(17-27)18-43-36(46)29-30(38)32(40)34(42)33(41)31(29)39/h2-12,17,21,28,35,37,45H,13-16,18-20H2,1H3,(H,43,46)/t21-,28+,35+,37+/m1/s1. The monoisotopic (exact) mass is 682 g/mol. The van der Waals surface area contributed by atoms with Crippen LogP contribution in [0.25, 0.3) is 11.1 Å². The van der Waals surface area contributed by atoms with Gasteiger partial charge in [-0.15, -0.1) is 0 Å². The minimum Gasteiger partial charge on any atom is -0.392 e. The molecule has 0 aromatic heterocycles. The Hall–Kier alpha value is -4.20.